The number of urea groups is 1. The van der Waals surface area contributed by atoms with E-state index in [4.69, 9.17) is 0 Å². The van der Waals surface area contributed by atoms with Crippen molar-refractivity contribution in [3.8, 4) is 0 Å². The highest BCUT2D eigenvalue weighted by Gasteiger charge is 2.26. The summed E-state index contributed by atoms with van der Waals surface area (Å²) >= 11 is 1.40. The first-order chi connectivity index (χ1) is 10.9. The number of hydrogen-bond acceptors (Lipinski definition) is 4. The lowest BCUT2D eigenvalue weighted by Crippen LogP contribution is -2.43. The van der Waals surface area contributed by atoms with Crippen LogP contribution < -0.4 is 10.6 Å². The van der Waals surface area contributed by atoms with Crippen molar-refractivity contribution >= 4 is 23.7 Å². The molecule has 1 aliphatic carbocycles. The minimum atomic E-state index is -0.397. The molecule has 3 amide bonds. The summed E-state index contributed by atoms with van der Waals surface area (Å²) in [6.07, 6.45) is 4.19. The highest BCUT2D eigenvalue weighted by Crippen LogP contribution is 2.26. The molecule has 128 valence electrons. The quantitative estimate of drug-likeness (QED) is 0.750. The molecule has 6 nitrogen and oxygen atoms in total. The van der Waals surface area contributed by atoms with Crippen molar-refractivity contribution in [1.29, 1.82) is 0 Å². The average Bonchev–Trinajstić information content (AvgIpc) is 3.25. The van der Waals surface area contributed by atoms with Crippen LogP contribution in [0.25, 0.3) is 0 Å². The van der Waals surface area contributed by atoms with Crippen LogP contribution in [-0.4, -0.2) is 32.8 Å². The molecular weight excluding hydrogens is 312 g/mol. The molecule has 1 heterocycles. The van der Waals surface area contributed by atoms with Crippen LogP contribution in [0.5, 0.6) is 0 Å². The van der Waals surface area contributed by atoms with Crippen LogP contribution in [0, 0.1) is 13.8 Å². The second-order valence-electron chi connectivity index (χ2n) is 6.07. The van der Waals surface area contributed by atoms with E-state index in [9.17, 15) is 9.59 Å². The van der Waals surface area contributed by atoms with Gasteiger partial charge in [-0.2, -0.15) is 0 Å². The van der Waals surface area contributed by atoms with E-state index < -0.39 is 6.03 Å². The summed E-state index contributed by atoms with van der Waals surface area (Å²) in [6, 6.07) is -0.157. The number of carbonyl (C=O) groups excluding carboxylic acids is 2. The molecule has 2 N–H and O–H groups in total. The number of aromatic nitrogens is 2. The van der Waals surface area contributed by atoms with Gasteiger partial charge in [-0.05, 0) is 40.0 Å². The highest BCUT2D eigenvalue weighted by molar-refractivity contribution is 8.00. The SMILES string of the molecule is CCCCn1c(SC(C)C(=O)NC(=O)NC2CC2)nc(C)c1C. The number of hydrogen-bond donors (Lipinski definition) is 2. The number of amides is 3. The predicted molar refractivity (Wildman–Crippen MR) is 91.6 cm³/mol. The number of carbonyl (C=O) groups is 2. The van der Waals surface area contributed by atoms with Crippen LogP contribution in [0.4, 0.5) is 4.79 Å². The Balaban J connectivity index is 1.95. The van der Waals surface area contributed by atoms with Crippen molar-refractivity contribution in [3.05, 3.63) is 11.4 Å². The molecule has 1 atom stereocenters. The van der Waals surface area contributed by atoms with E-state index in [1.54, 1.807) is 6.92 Å². The van der Waals surface area contributed by atoms with Gasteiger partial charge in [-0.25, -0.2) is 9.78 Å². The van der Waals surface area contributed by atoms with Crippen molar-refractivity contribution in [2.75, 3.05) is 0 Å². The molecule has 1 fully saturated rings. The van der Waals surface area contributed by atoms with Gasteiger partial charge in [-0.1, -0.05) is 25.1 Å². The van der Waals surface area contributed by atoms with Crippen LogP contribution in [0.1, 0.15) is 50.9 Å². The molecule has 0 aromatic carbocycles. The third-order valence-corrected chi connectivity index (χ3v) is 5.05. The minimum Gasteiger partial charge on any atom is -0.335 e. The van der Waals surface area contributed by atoms with Crippen LogP contribution in [0.2, 0.25) is 0 Å². The van der Waals surface area contributed by atoms with Crippen LogP contribution >= 0.6 is 11.8 Å². The average molecular weight is 338 g/mol. The number of rotatable bonds is 7. The number of imide groups is 1. The summed E-state index contributed by atoms with van der Waals surface area (Å²) in [5, 5.41) is 5.64. The van der Waals surface area contributed by atoms with Crippen molar-refractivity contribution < 1.29 is 9.59 Å². The van der Waals surface area contributed by atoms with E-state index in [1.165, 1.54) is 11.8 Å². The second kappa shape index (κ2) is 7.86. The molecular formula is C16H26N4O2S. The Bertz CT molecular complexity index is 581. The minimum absolute atomic E-state index is 0.240. The Labute approximate surface area is 141 Å². The smallest absolute Gasteiger partial charge is 0.321 e. The first-order valence-corrected chi connectivity index (χ1v) is 9.12. The number of unbranched alkanes of at least 4 members (excludes halogenated alkanes) is 1. The molecule has 1 aliphatic rings. The number of imidazole rings is 1. The Morgan fingerprint density at radius 1 is 1.39 bits per heavy atom. The van der Waals surface area contributed by atoms with Gasteiger partial charge in [0.2, 0.25) is 5.91 Å². The van der Waals surface area contributed by atoms with Gasteiger partial charge in [-0.3, -0.25) is 10.1 Å². The zero-order chi connectivity index (χ0) is 17.0. The standard InChI is InChI=1S/C16H26N4O2S/c1-5-6-9-20-11(3)10(2)17-16(20)23-12(4)14(21)19-15(22)18-13-7-8-13/h12-13H,5-9H2,1-4H3,(H2,18,19,21,22). The number of nitrogens with one attached hydrogen (secondary N) is 2. The summed E-state index contributed by atoms with van der Waals surface area (Å²) in [4.78, 5) is 28.4. The first kappa shape index (κ1) is 17.8. The Kier molecular flexibility index (Phi) is 6.10. The maximum absolute atomic E-state index is 12.1. The van der Waals surface area contributed by atoms with E-state index in [1.807, 2.05) is 6.92 Å². The molecule has 0 saturated heterocycles. The zero-order valence-electron chi connectivity index (χ0n) is 14.3. The normalized spacial score (nSPS) is 15.3. The maximum atomic E-state index is 12.1. The third-order valence-electron chi connectivity index (χ3n) is 3.96. The molecule has 0 spiro atoms. The summed E-state index contributed by atoms with van der Waals surface area (Å²) < 4.78 is 2.16. The molecule has 2 rings (SSSR count). The largest absolute Gasteiger partial charge is 0.335 e. The highest BCUT2D eigenvalue weighted by atomic mass is 32.2. The van der Waals surface area contributed by atoms with Gasteiger partial charge in [0.05, 0.1) is 10.9 Å². The van der Waals surface area contributed by atoms with Crippen molar-refractivity contribution in [2.45, 2.75) is 76.4 Å². The molecule has 0 aliphatic heterocycles. The molecule has 1 aromatic heterocycles. The Morgan fingerprint density at radius 3 is 2.70 bits per heavy atom. The third kappa shape index (κ3) is 4.99. The monoisotopic (exact) mass is 338 g/mol. The van der Waals surface area contributed by atoms with Crippen LogP contribution in [-0.2, 0) is 11.3 Å². The lowest BCUT2D eigenvalue weighted by atomic mass is 10.3. The van der Waals surface area contributed by atoms with Crippen molar-refractivity contribution in [1.82, 2.24) is 20.2 Å². The fourth-order valence-corrected chi connectivity index (χ4v) is 3.19. The maximum Gasteiger partial charge on any atom is 0.321 e. The first-order valence-electron chi connectivity index (χ1n) is 8.24. The topological polar surface area (TPSA) is 76.0 Å². The van der Waals surface area contributed by atoms with E-state index in [2.05, 4.69) is 34.0 Å². The van der Waals surface area contributed by atoms with E-state index in [0.717, 1.165) is 48.8 Å². The summed E-state index contributed by atoms with van der Waals surface area (Å²) in [5.74, 6) is -0.284. The second-order valence-corrected chi connectivity index (χ2v) is 7.38. The van der Waals surface area contributed by atoms with Gasteiger partial charge in [-0.15, -0.1) is 0 Å². The summed E-state index contributed by atoms with van der Waals surface area (Å²) in [6.45, 7) is 8.89. The van der Waals surface area contributed by atoms with Gasteiger partial charge in [0, 0.05) is 18.3 Å². The van der Waals surface area contributed by atoms with E-state index in [0.29, 0.717) is 0 Å². The molecule has 1 unspecified atom stereocenters. The fraction of sp³-hybridized carbons (Fsp3) is 0.688. The van der Waals surface area contributed by atoms with Gasteiger partial charge in [0.25, 0.3) is 0 Å². The fourth-order valence-electron chi connectivity index (χ4n) is 2.17. The summed E-state index contributed by atoms with van der Waals surface area (Å²) in [5.41, 5.74) is 2.13. The molecule has 0 bridgehead atoms. The molecule has 1 aromatic rings. The van der Waals surface area contributed by atoms with E-state index in [-0.39, 0.29) is 17.2 Å². The molecule has 0 radical (unpaired) electrons. The predicted octanol–water partition coefficient (Wildman–Crippen LogP) is 2.77. The van der Waals surface area contributed by atoms with Gasteiger partial charge >= 0.3 is 6.03 Å². The van der Waals surface area contributed by atoms with Gasteiger partial charge < -0.3 is 9.88 Å². The van der Waals surface area contributed by atoms with Gasteiger partial charge in [0.1, 0.15) is 0 Å². The van der Waals surface area contributed by atoms with Crippen molar-refractivity contribution in [2.24, 2.45) is 0 Å². The summed E-state index contributed by atoms with van der Waals surface area (Å²) in [7, 11) is 0. The van der Waals surface area contributed by atoms with Crippen LogP contribution in [0.3, 0.4) is 0 Å². The Morgan fingerprint density at radius 2 is 2.09 bits per heavy atom. The van der Waals surface area contributed by atoms with Crippen molar-refractivity contribution in [3.63, 3.8) is 0 Å². The molecule has 1 saturated carbocycles. The number of nitrogens with zero attached hydrogens (tertiary/aromatic N) is 2. The lowest BCUT2D eigenvalue weighted by Gasteiger charge is -2.13. The lowest BCUT2D eigenvalue weighted by molar-refractivity contribution is -0.119. The van der Waals surface area contributed by atoms with Crippen LogP contribution in [0.15, 0.2) is 5.16 Å². The zero-order valence-corrected chi connectivity index (χ0v) is 15.1. The Hall–Kier alpha value is -1.50. The molecule has 7 heteroatoms. The van der Waals surface area contributed by atoms with Gasteiger partial charge in [0.15, 0.2) is 5.16 Å². The number of aryl methyl sites for hydroxylation is 1. The number of thioether (sulfide) groups is 1. The molecule has 23 heavy (non-hydrogen) atoms. The van der Waals surface area contributed by atoms with E-state index >= 15 is 0 Å².